The second-order valence-corrected chi connectivity index (χ2v) is 2.94. The summed E-state index contributed by atoms with van der Waals surface area (Å²) in [6.45, 7) is 0.946. The van der Waals surface area contributed by atoms with Gasteiger partial charge in [-0.05, 0) is 0 Å². The Morgan fingerprint density at radius 2 is 1.80 bits per heavy atom. The monoisotopic (exact) mass is 218 g/mol. The quantitative estimate of drug-likeness (QED) is 0.713. The Balaban J connectivity index is 2.97. The fourth-order valence-electron chi connectivity index (χ4n) is 1.12. The Bertz CT molecular complexity index is 332. The smallest absolute Gasteiger partial charge is 0.429 e. The Morgan fingerprint density at radius 3 is 2.20 bits per heavy atom. The third-order valence-electron chi connectivity index (χ3n) is 1.68. The molecule has 0 aliphatic rings. The molecule has 0 amide bonds. The van der Waals surface area contributed by atoms with E-state index in [-0.39, 0.29) is 5.56 Å². The summed E-state index contributed by atoms with van der Waals surface area (Å²) in [4.78, 5) is 10.6. The van der Waals surface area contributed by atoms with Gasteiger partial charge >= 0.3 is 12.1 Å². The van der Waals surface area contributed by atoms with E-state index in [1.807, 2.05) is 0 Å². The number of esters is 1. The van der Waals surface area contributed by atoms with Gasteiger partial charge in [0, 0.05) is 12.5 Å². The molecule has 0 aliphatic carbocycles. The van der Waals surface area contributed by atoms with Gasteiger partial charge in [-0.2, -0.15) is 13.2 Å². The van der Waals surface area contributed by atoms with Crippen molar-refractivity contribution in [2.75, 3.05) is 0 Å². The van der Waals surface area contributed by atoms with Crippen molar-refractivity contribution in [2.45, 2.75) is 19.2 Å². The van der Waals surface area contributed by atoms with Gasteiger partial charge in [-0.25, -0.2) is 0 Å². The molecule has 0 bridgehead atoms. The lowest BCUT2D eigenvalue weighted by Gasteiger charge is -2.20. The van der Waals surface area contributed by atoms with Crippen molar-refractivity contribution in [3.8, 4) is 0 Å². The summed E-state index contributed by atoms with van der Waals surface area (Å²) in [5.74, 6) is -0.957. The van der Waals surface area contributed by atoms with Crippen molar-refractivity contribution < 1.29 is 22.7 Å². The molecule has 0 spiro atoms. The van der Waals surface area contributed by atoms with Gasteiger partial charge in [-0.3, -0.25) is 4.79 Å². The standard InChI is InChI=1S/C10H9F3O2/c1-7(14)15-9(10(11,12)13)8-5-3-2-4-6-8/h2-6,9H,1H3/t9-/m0/s1. The van der Waals surface area contributed by atoms with E-state index >= 15 is 0 Å². The van der Waals surface area contributed by atoms with Crippen molar-refractivity contribution >= 4 is 5.97 Å². The van der Waals surface area contributed by atoms with Crippen molar-refractivity contribution in [3.05, 3.63) is 35.9 Å². The molecule has 0 saturated carbocycles. The minimum Gasteiger partial charge on any atom is -0.448 e. The van der Waals surface area contributed by atoms with Crippen LogP contribution in [0, 0.1) is 0 Å². The molecule has 0 radical (unpaired) electrons. The first-order chi connectivity index (χ1) is 6.91. The zero-order valence-electron chi connectivity index (χ0n) is 7.91. The maximum Gasteiger partial charge on any atom is 0.429 e. The van der Waals surface area contributed by atoms with Crippen LogP contribution >= 0.6 is 0 Å². The maximum atomic E-state index is 12.5. The van der Waals surface area contributed by atoms with Crippen molar-refractivity contribution in [1.82, 2.24) is 0 Å². The number of hydrogen-bond donors (Lipinski definition) is 0. The predicted octanol–water partition coefficient (Wildman–Crippen LogP) is 2.85. The van der Waals surface area contributed by atoms with Crippen LogP contribution in [0.15, 0.2) is 30.3 Å². The van der Waals surface area contributed by atoms with Crippen LogP contribution in [0.2, 0.25) is 0 Å². The number of benzene rings is 1. The first-order valence-electron chi connectivity index (χ1n) is 4.20. The average Bonchev–Trinajstić information content (AvgIpc) is 2.14. The predicted molar refractivity (Wildman–Crippen MR) is 47.0 cm³/mol. The van der Waals surface area contributed by atoms with E-state index in [0.717, 1.165) is 6.92 Å². The van der Waals surface area contributed by atoms with Crippen molar-refractivity contribution in [3.63, 3.8) is 0 Å². The van der Waals surface area contributed by atoms with E-state index in [1.54, 1.807) is 6.07 Å². The highest BCUT2D eigenvalue weighted by atomic mass is 19.4. The van der Waals surface area contributed by atoms with Gasteiger partial charge in [0.25, 0.3) is 0 Å². The summed E-state index contributed by atoms with van der Waals surface area (Å²) < 4.78 is 41.7. The number of ether oxygens (including phenoxy) is 1. The van der Waals surface area contributed by atoms with Crippen LogP contribution in [0.5, 0.6) is 0 Å². The zero-order valence-corrected chi connectivity index (χ0v) is 7.91. The third-order valence-corrected chi connectivity index (χ3v) is 1.68. The molecule has 0 aromatic heterocycles. The molecule has 1 rings (SSSR count). The number of alkyl halides is 3. The zero-order chi connectivity index (χ0) is 11.5. The lowest BCUT2D eigenvalue weighted by Crippen LogP contribution is -2.25. The Kier molecular flexibility index (Phi) is 3.34. The molecule has 2 nitrogen and oxygen atoms in total. The number of hydrogen-bond acceptors (Lipinski definition) is 2. The largest absolute Gasteiger partial charge is 0.448 e. The van der Waals surface area contributed by atoms with E-state index in [1.165, 1.54) is 24.3 Å². The lowest BCUT2D eigenvalue weighted by molar-refractivity contribution is -0.222. The highest BCUT2D eigenvalue weighted by Crippen LogP contribution is 2.35. The van der Waals surface area contributed by atoms with Gasteiger partial charge in [0.1, 0.15) is 0 Å². The summed E-state index contributed by atoms with van der Waals surface area (Å²) in [6, 6.07) is 7.03. The first-order valence-corrected chi connectivity index (χ1v) is 4.20. The highest BCUT2D eigenvalue weighted by molar-refractivity contribution is 5.66. The minimum absolute atomic E-state index is 0.0831. The Morgan fingerprint density at radius 1 is 1.27 bits per heavy atom. The van der Waals surface area contributed by atoms with Crippen molar-refractivity contribution in [1.29, 1.82) is 0 Å². The fraction of sp³-hybridized carbons (Fsp3) is 0.300. The average molecular weight is 218 g/mol. The summed E-state index contributed by atoms with van der Waals surface area (Å²) in [5.41, 5.74) is -0.0831. The van der Waals surface area contributed by atoms with E-state index in [4.69, 9.17) is 0 Å². The maximum absolute atomic E-state index is 12.5. The first kappa shape index (κ1) is 11.6. The number of halogens is 3. The van der Waals surface area contributed by atoms with E-state index in [9.17, 15) is 18.0 Å². The van der Waals surface area contributed by atoms with Crippen LogP contribution in [0.4, 0.5) is 13.2 Å². The molecule has 0 fully saturated rings. The molecule has 1 atom stereocenters. The number of rotatable bonds is 2. The molecule has 1 aromatic rings. The second kappa shape index (κ2) is 4.33. The molecule has 0 unspecified atom stereocenters. The molecule has 0 heterocycles. The summed E-state index contributed by atoms with van der Waals surface area (Å²) in [6.07, 6.45) is -6.77. The van der Waals surface area contributed by atoms with Gasteiger partial charge in [0.15, 0.2) is 0 Å². The van der Waals surface area contributed by atoms with Gasteiger partial charge < -0.3 is 4.74 Å². The lowest BCUT2D eigenvalue weighted by atomic mass is 10.1. The third kappa shape index (κ3) is 3.27. The van der Waals surface area contributed by atoms with E-state index in [0.29, 0.717) is 0 Å². The van der Waals surface area contributed by atoms with E-state index in [2.05, 4.69) is 4.74 Å². The van der Waals surface area contributed by atoms with Crippen LogP contribution in [-0.4, -0.2) is 12.1 Å². The molecule has 1 aromatic carbocycles. The van der Waals surface area contributed by atoms with Crippen molar-refractivity contribution in [2.24, 2.45) is 0 Å². The molecule has 0 aliphatic heterocycles. The Hall–Kier alpha value is -1.52. The Labute approximate surface area is 84.7 Å². The van der Waals surface area contributed by atoms with Crippen LogP contribution < -0.4 is 0 Å². The second-order valence-electron chi connectivity index (χ2n) is 2.94. The highest BCUT2D eigenvalue weighted by Gasteiger charge is 2.43. The fourth-order valence-corrected chi connectivity index (χ4v) is 1.12. The van der Waals surface area contributed by atoms with Gasteiger partial charge in [-0.1, -0.05) is 30.3 Å². The topological polar surface area (TPSA) is 26.3 Å². The van der Waals surface area contributed by atoms with Crippen LogP contribution in [0.25, 0.3) is 0 Å². The van der Waals surface area contributed by atoms with Gasteiger partial charge in [-0.15, -0.1) is 0 Å². The summed E-state index contributed by atoms with van der Waals surface area (Å²) in [5, 5.41) is 0. The van der Waals surface area contributed by atoms with Gasteiger partial charge in [0.2, 0.25) is 6.10 Å². The number of carbonyl (C=O) groups is 1. The van der Waals surface area contributed by atoms with E-state index < -0.39 is 18.2 Å². The molecular weight excluding hydrogens is 209 g/mol. The molecule has 0 N–H and O–H groups in total. The van der Waals surface area contributed by atoms with Crippen LogP contribution in [0.3, 0.4) is 0 Å². The van der Waals surface area contributed by atoms with Crippen LogP contribution in [-0.2, 0) is 9.53 Å². The molecule has 82 valence electrons. The SMILES string of the molecule is CC(=O)O[C@@H](c1ccccc1)C(F)(F)F. The summed E-state index contributed by atoms with van der Waals surface area (Å²) in [7, 11) is 0. The molecule has 15 heavy (non-hydrogen) atoms. The van der Waals surface area contributed by atoms with Gasteiger partial charge in [0.05, 0.1) is 0 Å². The summed E-state index contributed by atoms with van der Waals surface area (Å²) >= 11 is 0. The number of carbonyl (C=O) groups excluding carboxylic acids is 1. The molecular formula is C10H9F3O2. The molecule has 0 saturated heterocycles. The molecule has 5 heteroatoms. The van der Waals surface area contributed by atoms with Crippen LogP contribution in [0.1, 0.15) is 18.6 Å². The normalized spacial score (nSPS) is 13.3. The minimum atomic E-state index is -4.59.